The second kappa shape index (κ2) is 10.5. The Morgan fingerprint density at radius 2 is 2.09 bits per heavy atom. The van der Waals surface area contributed by atoms with Crippen LogP contribution in [0, 0.1) is 18.7 Å². The van der Waals surface area contributed by atoms with Crippen LogP contribution >= 0.6 is 11.6 Å². The van der Waals surface area contributed by atoms with Crippen LogP contribution in [-0.4, -0.2) is 33.8 Å². The number of aromatic nitrogens is 2. The summed E-state index contributed by atoms with van der Waals surface area (Å²) in [5, 5.41) is 12.3. The van der Waals surface area contributed by atoms with E-state index in [0.29, 0.717) is 22.1 Å². The fraction of sp³-hybridized carbons (Fsp3) is 0.417. The Balaban J connectivity index is 1.74. The van der Waals surface area contributed by atoms with Crippen LogP contribution in [0.25, 0.3) is 11.0 Å². The third kappa shape index (κ3) is 5.29. The number of aryl methyl sites for hydroxylation is 1. The first-order chi connectivity index (χ1) is 16.0. The number of aliphatic hydroxyl groups is 1. The molecule has 33 heavy (non-hydrogen) atoms. The molecule has 0 aliphatic heterocycles. The van der Waals surface area contributed by atoms with E-state index in [9.17, 15) is 4.79 Å². The van der Waals surface area contributed by atoms with Gasteiger partial charge >= 0.3 is 0 Å². The largest absolute Gasteiger partial charge is 0.394 e. The summed E-state index contributed by atoms with van der Waals surface area (Å²) in [4.78, 5) is 22.2. The van der Waals surface area contributed by atoms with Crippen LogP contribution in [-0.2, 0) is 11.4 Å². The lowest BCUT2D eigenvalue weighted by Crippen LogP contribution is -2.26. The molecule has 0 atom stereocenters. The minimum atomic E-state index is -0.640. The SMILES string of the molecule is Cc1ccc(Nc2c(C(=O)NOCCO)cc3c(ncn3CC3CCCCC3)c2F)c(Cl)c1. The van der Waals surface area contributed by atoms with Crippen molar-refractivity contribution < 1.29 is 19.1 Å². The molecule has 1 aliphatic carbocycles. The number of hydrogen-bond donors (Lipinski definition) is 3. The van der Waals surface area contributed by atoms with E-state index in [1.54, 1.807) is 24.5 Å². The van der Waals surface area contributed by atoms with E-state index in [-0.39, 0.29) is 30.0 Å². The zero-order valence-corrected chi connectivity index (χ0v) is 19.3. The van der Waals surface area contributed by atoms with Crippen molar-refractivity contribution in [1.29, 1.82) is 0 Å². The summed E-state index contributed by atoms with van der Waals surface area (Å²) in [5.74, 6) is -0.771. The Morgan fingerprint density at radius 3 is 2.82 bits per heavy atom. The number of hydroxylamine groups is 1. The highest BCUT2D eigenvalue weighted by Gasteiger charge is 2.24. The second-order valence-corrected chi connectivity index (χ2v) is 8.90. The molecule has 0 bridgehead atoms. The molecule has 3 N–H and O–H groups in total. The summed E-state index contributed by atoms with van der Waals surface area (Å²) in [6.07, 6.45) is 7.56. The Hall–Kier alpha value is -2.68. The molecule has 1 amide bonds. The Labute approximate surface area is 196 Å². The first kappa shape index (κ1) is 23.5. The number of aliphatic hydroxyl groups excluding tert-OH is 1. The lowest BCUT2D eigenvalue weighted by Gasteiger charge is -2.22. The highest BCUT2D eigenvalue weighted by atomic mass is 35.5. The van der Waals surface area contributed by atoms with Gasteiger partial charge in [0.15, 0.2) is 5.82 Å². The zero-order valence-electron chi connectivity index (χ0n) is 18.5. The smallest absolute Gasteiger partial charge is 0.277 e. The fourth-order valence-electron chi connectivity index (χ4n) is 4.33. The number of amides is 1. The van der Waals surface area contributed by atoms with Gasteiger partial charge in [-0.25, -0.2) is 14.9 Å². The van der Waals surface area contributed by atoms with Crippen LogP contribution < -0.4 is 10.8 Å². The van der Waals surface area contributed by atoms with Gasteiger partial charge in [0.2, 0.25) is 0 Å². The van der Waals surface area contributed by atoms with Crippen LogP contribution in [0.5, 0.6) is 0 Å². The monoisotopic (exact) mass is 474 g/mol. The molecule has 4 rings (SSSR count). The lowest BCUT2D eigenvalue weighted by atomic mass is 9.89. The minimum absolute atomic E-state index is 0.0405. The molecule has 1 heterocycles. The van der Waals surface area contributed by atoms with Gasteiger partial charge < -0.3 is 15.0 Å². The van der Waals surface area contributed by atoms with E-state index in [4.69, 9.17) is 21.5 Å². The standard InChI is InChI=1S/C24H28ClFN4O3/c1-15-7-8-19(18(25)11-15)28-22-17(24(32)29-33-10-9-31)12-20-23(21(22)26)27-14-30(20)13-16-5-3-2-4-6-16/h7-8,11-12,14,16,28,31H,2-6,9-10,13H2,1H3,(H,29,32). The van der Waals surface area contributed by atoms with Gasteiger partial charge in [0.1, 0.15) is 5.52 Å². The van der Waals surface area contributed by atoms with E-state index < -0.39 is 11.7 Å². The first-order valence-corrected chi connectivity index (χ1v) is 11.6. The quantitative estimate of drug-likeness (QED) is 0.311. The number of halogens is 2. The van der Waals surface area contributed by atoms with Crippen LogP contribution in [0.3, 0.4) is 0 Å². The van der Waals surface area contributed by atoms with Gasteiger partial charge in [-0.15, -0.1) is 0 Å². The number of carbonyl (C=O) groups excluding carboxylic acids is 1. The summed E-state index contributed by atoms with van der Waals surface area (Å²) < 4.78 is 17.6. The van der Waals surface area contributed by atoms with Crippen molar-refractivity contribution in [3.05, 3.63) is 52.6 Å². The number of fused-ring (bicyclic) bond motifs is 1. The first-order valence-electron chi connectivity index (χ1n) is 11.2. The summed E-state index contributed by atoms with van der Waals surface area (Å²) in [6.45, 7) is 2.29. The fourth-order valence-corrected chi connectivity index (χ4v) is 4.61. The van der Waals surface area contributed by atoms with E-state index in [1.807, 2.05) is 17.6 Å². The van der Waals surface area contributed by atoms with Gasteiger partial charge in [0.25, 0.3) is 5.91 Å². The molecule has 1 saturated carbocycles. The van der Waals surface area contributed by atoms with Crippen molar-refractivity contribution in [2.45, 2.75) is 45.6 Å². The maximum atomic E-state index is 15.7. The van der Waals surface area contributed by atoms with Gasteiger partial charge in [-0.05, 0) is 49.4 Å². The summed E-state index contributed by atoms with van der Waals surface area (Å²) in [5.41, 5.74) is 4.44. The number of benzene rings is 2. The molecular formula is C24H28ClFN4O3. The molecule has 9 heteroatoms. The second-order valence-electron chi connectivity index (χ2n) is 8.49. The number of nitrogens with zero attached hydrogens (tertiary/aromatic N) is 2. The van der Waals surface area contributed by atoms with Crippen LogP contribution in [0.4, 0.5) is 15.8 Å². The predicted molar refractivity (Wildman–Crippen MR) is 126 cm³/mol. The third-order valence-electron chi connectivity index (χ3n) is 6.02. The molecule has 3 aromatic rings. The van der Waals surface area contributed by atoms with E-state index in [0.717, 1.165) is 24.9 Å². The molecule has 7 nitrogen and oxygen atoms in total. The number of nitrogens with one attached hydrogen (secondary N) is 2. The number of imidazole rings is 1. The van der Waals surface area contributed by atoms with E-state index in [1.165, 1.54) is 19.3 Å². The Morgan fingerprint density at radius 1 is 1.30 bits per heavy atom. The average Bonchev–Trinajstić information content (AvgIpc) is 3.20. The van der Waals surface area contributed by atoms with Gasteiger partial charge in [0.05, 0.1) is 47.0 Å². The highest BCUT2D eigenvalue weighted by molar-refractivity contribution is 6.33. The summed E-state index contributed by atoms with van der Waals surface area (Å²) in [7, 11) is 0. The Kier molecular flexibility index (Phi) is 7.47. The minimum Gasteiger partial charge on any atom is -0.394 e. The van der Waals surface area contributed by atoms with Crippen molar-refractivity contribution >= 4 is 39.9 Å². The van der Waals surface area contributed by atoms with Gasteiger partial charge in [-0.1, -0.05) is 36.9 Å². The molecule has 1 aliphatic rings. The maximum absolute atomic E-state index is 15.7. The third-order valence-corrected chi connectivity index (χ3v) is 6.34. The van der Waals surface area contributed by atoms with Crippen molar-refractivity contribution in [2.75, 3.05) is 18.5 Å². The van der Waals surface area contributed by atoms with Crippen LogP contribution in [0.1, 0.15) is 48.0 Å². The van der Waals surface area contributed by atoms with Crippen LogP contribution in [0.2, 0.25) is 5.02 Å². The molecule has 0 radical (unpaired) electrons. The number of rotatable bonds is 8. The lowest BCUT2D eigenvalue weighted by molar-refractivity contribution is 0.0169. The van der Waals surface area contributed by atoms with Gasteiger partial charge in [-0.2, -0.15) is 0 Å². The molecule has 0 unspecified atom stereocenters. The van der Waals surface area contributed by atoms with Crippen molar-refractivity contribution in [1.82, 2.24) is 15.0 Å². The number of anilines is 2. The topological polar surface area (TPSA) is 88.4 Å². The number of carbonyl (C=O) groups is 1. The summed E-state index contributed by atoms with van der Waals surface area (Å²) in [6, 6.07) is 6.94. The molecule has 1 aromatic heterocycles. The molecular weight excluding hydrogens is 447 g/mol. The van der Waals surface area contributed by atoms with Crippen molar-refractivity contribution in [3.63, 3.8) is 0 Å². The zero-order chi connectivity index (χ0) is 23.4. The molecule has 176 valence electrons. The molecule has 1 fully saturated rings. The Bertz CT molecular complexity index is 1140. The van der Waals surface area contributed by atoms with E-state index in [2.05, 4.69) is 15.8 Å². The highest BCUT2D eigenvalue weighted by Crippen LogP contribution is 2.34. The summed E-state index contributed by atoms with van der Waals surface area (Å²) >= 11 is 6.34. The molecule has 0 spiro atoms. The average molecular weight is 475 g/mol. The van der Waals surface area contributed by atoms with E-state index >= 15 is 4.39 Å². The van der Waals surface area contributed by atoms with Gasteiger partial charge in [0, 0.05) is 6.54 Å². The molecule has 0 saturated heterocycles. The van der Waals surface area contributed by atoms with Crippen LogP contribution in [0.15, 0.2) is 30.6 Å². The predicted octanol–water partition coefficient (Wildman–Crippen LogP) is 5.11. The van der Waals surface area contributed by atoms with Gasteiger partial charge in [-0.3, -0.25) is 9.63 Å². The normalized spacial score (nSPS) is 14.5. The molecule has 2 aromatic carbocycles. The number of hydrogen-bond acceptors (Lipinski definition) is 5. The van der Waals surface area contributed by atoms with Crippen molar-refractivity contribution in [2.24, 2.45) is 5.92 Å². The maximum Gasteiger partial charge on any atom is 0.277 e. The van der Waals surface area contributed by atoms with Crippen molar-refractivity contribution in [3.8, 4) is 0 Å².